The average molecular weight is 551 g/mol. The van der Waals surface area contributed by atoms with Crippen LogP contribution in [0, 0.1) is 0 Å². The molecule has 0 N–H and O–H groups in total. The van der Waals surface area contributed by atoms with E-state index >= 15 is 0 Å². The Kier molecular flexibility index (Phi) is 5.52. The maximum atomic E-state index is 6.67. The Morgan fingerprint density at radius 2 is 1.12 bits per heavy atom. The molecule has 0 fully saturated rings. The molecule has 1 atom stereocenters. The summed E-state index contributed by atoms with van der Waals surface area (Å²) in [5.41, 5.74) is 9.02. The van der Waals surface area contributed by atoms with Gasteiger partial charge < -0.3 is 4.42 Å². The van der Waals surface area contributed by atoms with Crippen molar-refractivity contribution in [2.75, 3.05) is 0 Å². The SMILES string of the molecule is c1ccc(-c2cccc3oc4c(c23)CCC(c2c3ccccc3c(-c3cccc5ccccc35)c3ccccc23)C4)cc1. The number of benzene rings is 7. The van der Waals surface area contributed by atoms with Gasteiger partial charge in [-0.2, -0.15) is 0 Å². The van der Waals surface area contributed by atoms with Gasteiger partial charge in [-0.25, -0.2) is 0 Å². The van der Waals surface area contributed by atoms with E-state index in [-0.39, 0.29) is 0 Å². The van der Waals surface area contributed by atoms with Crippen LogP contribution in [0.4, 0.5) is 0 Å². The normalized spacial score (nSPS) is 14.9. The van der Waals surface area contributed by atoms with Gasteiger partial charge in [0.25, 0.3) is 0 Å². The minimum Gasteiger partial charge on any atom is -0.461 e. The van der Waals surface area contributed by atoms with Gasteiger partial charge in [-0.05, 0) is 85.0 Å². The molecule has 0 aliphatic heterocycles. The summed E-state index contributed by atoms with van der Waals surface area (Å²) in [6.07, 6.45) is 3.04. The van der Waals surface area contributed by atoms with E-state index in [1.165, 1.54) is 71.1 Å². The van der Waals surface area contributed by atoms with Crippen molar-refractivity contribution >= 4 is 43.3 Å². The molecule has 1 aromatic heterocycles. The summed E-state index contributed by atoms with van der Waals surface area (Å²) in [6, 6.07) is 50.8. The summed E-state index contributed by atoms with van der Waals surface area (Å²) in [4.78, 5) is 0. The Hall–Kier alpha value is -5.14. The number of rotatable bonds is 3. The molecule has 0 radical (unpaired) electrons. The quantitative estimate of drug-likeness (QED) is 0.199. The standard InChI is InChI=1S/C42H30O/c1-2-12-28(13-3-1)31-21-11-23-38-42(31)37-25-24-29(26-39(37)43-38)40-33-17-6-8-19-35(33)41(36-20-9-7-18-34(36)40)32-22-10-15-27-14-4-5-16-30(27)32/h1-23,29H,24-26H2. The van der Waals surface area contributed by atoms with Crippen molar-refractivity contribution in [3.63, 3.8) is 0 Å². The van der Waals surface area contributed by atoms with Crippen LogP contribution in [0.15, 0.2) is 144 Å². The number of fused-ring (bicyclic) bond motifs is 6. The maximum absolute atomic E-state index is 6.67. The van der Waals surface area contributed by atoms with Gasteiger partial charge in [0.15, 0.2) is 0 Å². The van der Waals surface area contributed by atoms with Crippen LogP contribution in [-0.4, -0.2) is 0 Å². The molecule has 7 aromatic carbocycles. The van der Waals surface area contributed by atoms with Gasteiger partial charge in [0.05, 0.1) is 0 Å². The molecule has 1 heterocycles. The summed E-state index contributed by atoms with van der Waals surface area (Å²) in [5.74, 6) is 1.53. The van der Waals surface area contributed by atoms with Crippen LogP contribution in [0.25, 0.3) is 65.5 Å². The zero-order chi connectivity index (χ0) is 28.3. The van der Waals surface area contributed by atoms with Crippen LogP contribution >= 0.6 is 0 Å². The second-order valence-electron chi connectivity index (χ2n) is 11.9. The van der Waals surface area contributed by atoms with Crippen LogP contribution in [0.3, 0.4) is 0 Å². The lowest BCUT2D eigenvalue weighted by atomic mass is 9.77. The minimum atomic E-state index is 0.379. The molecule has 0 amide bonds. The largest absolute Gasteiger partial charge is 0.461 e. The molecule has 43 heavy (non-hydrogen) atoms. The lowest BCUT2D eigenvalue weighted by molar-refractivity contribution is 0.474. The lowest BCUT2D eigenvalue weighted by Gasteiger charge is -2.26. The van der Waals surface area contributed by atoms with E-state index in [2.05, 4.69) is 140 Å². The molecule has 0 bridgehead atoms. The maximum Gasteiger partial charge on any atom is 0.135 e. The Morgan fingerprint density at radius 3 is 1.88 bits per heavy atom. The van der Waals surface area contributed by atoms with Gasteiger partial charge in [0.2, 0.25) is 0 Å². The monoisotopic (exact) mass is 550 g/mol. The molecule has 1 unspecified atom stereocenters. The molecule has 0 saturated carbocycles. The molecular formula is C42H30O. The first kappa shape index (κ1) is 24.5. The minimum absolute atomic E-state index is 0.379. The van der Waals surface area contributed by atoms with E-state index in [1.807, 2.05) is 0 Å². The molecule has 204 valence electrons. The fourth-order valence-corrected chi connectivity index (χ4v) is 7.78. The molecule has 0 saturated heterocycles. The van der Waals surface area contributed by atoms with Crippen LogP contribution in [0.1, 0.15) is 29.2 Å². The summed E-state index contributed by atoms with van der Waals surface area (Å²) >= 11 is 0. The number of hydrogen-bond donors (Lipinski definition) is 0. The third kappa shape index (κ3) is 3.78. The molecule has 1 aliphatic carbocycles. The van der Waals surface area contributed by atoms with Crippen molar-refractivity contribution in [3.05, 3.63) is 156 Å². The fraction of sp³-hybridized carbons (Fsp3) is 0.0952. The van der Waals surface area contributed by atoms with E-state index < -0.39 is 0 Å². The summed E-state index contributed by atoms with van der Waals surface area (Å²) in [5, 5.41) is 9.24. The van der Waals surface area contributed by atoms with Gasteiger partial charge in [-0.3, -0.25) is 0 Å². The van der Waals surface area contributed by atoms with Gasteiger partial charge in [0.1, 0.15) is 11.3 Å². The molecule has 8 aromatic rings. The van der Waals surface area contributed by atoms with Crippen molar-refractivity contribution in [3.8, 4) is 22.3 Å². The first-order valence-corrected chi connectivity index (χ1v) is 15.4. The Morgan fingerprint density at radius 1 is 0.512 bits per heavy atom. The summed E-state index contributed by atoms with van der Waals surface area (Å²) < 4.78 is 6.67. The van der Waals surface area contributed by atoms with Crippen LogP contribution in [-0.2, 0) is 12.8 Å². The summed E-state index contributed by atoms with van der Waals surface area (Å²) in [7, 11) is 0. The first-order valence-electron chi connectivity index (χ1n) is 15.4. The van der Waals surface area contributed by atoms with Crippen LogP contribution in [0.5, 0.6) is 0 Å². The van der Waals surface area contributed by atoms with Crippen molar-refractivity contribution in [1.29, 1.82) is 0 Å². The predicted molar refractivity (Wildman–Crippen MR) is 181 cm³/mol. The third-order valence-electron chi connectivity index (χ3n) is 9.60. The Balaban J connectivity index is 1.25. The zero-order valence-corrected chi connectivity index (χ0v) is 23.9. The van der Waals surface area contributed by atoms with Crippen molar-refractivity contribution in [1.82, 2.24) is 0 Å². The zero-order valence-electron chi connectivity index (χ0n) is 23.9. The molecule has 0 spiro atoms. The van der Waals surface area contributed by atoms with Crippen molar-refractivity contribution in [2.45, 2.75) is 25.2 Å². The van der Waals surface area contributed by atoms with Gasteiger partial charge >= 0.3 is 0 Å². The highest BCUT2D eigenvalue weighted by Gasteiger charge is 2.30. The second-order valence-corrected chi connectivity index (χ2v) is 11.9. The number of hydrogen-bond acceptors (Lipinski definition) is 1. The highest BCUT2D eigenvalue weighted by atomic mass is 16.3. The highest BCUT2D eigenvalue weighted by Crippen LogP contribution is 2.48. The van der Waals surface area contributed by atoms with Gasteiger partial charge in [0, 0.05) is 17.4 Å². The van der Waals surface area contributed by atoms with E-state index in [0.29, 0.717) is 5.92 Å². The number of aryl methyl sites for hydroxylation is 1. The molecule has 1 aliphatic rings. The van der Waals surface area contributed by atoms with Crippen LogP contribution < -0.4 is 0 Å². The predicted octanol–water partition coefficient (Wildman–Crippen LogP) is 11.5. The Labute approximate surface area is 251 Å². The Bertz CT molecular complexity index is 2260. The van der Waals surface area contributed by atoms with Crippen molar-refractivity contribution in [2.24, 2.45) is 0 Å². The fourth-order valence-electron chi connectivity index (χ4n) is 7.78. The van der Waals surface area contributed by atoms with Gasteiger partial charge in [-0.1, -0.05) is 133 Å². The van der Waals surface area contributed by atoms with E-state index in [9.17, 15) is 0 Å². The lowest BCUT2D eigenvalue weighted by Crippen LogP contribution is -2.12. The second kappa shape index (κ2) is 9.71. The van der Waals surface area contributed by atoms with E-state index in [0.717, 1.165) is 30.6 Å². The summed E-state index contributed by atoms with van der Waals surface area (Å²) in [6.45, 7) is 0. The number of furan rings is 1. The van der Waals surface area contributed by atoms with Gasteiger partial charge in [-0.15, -0.1) is 0 Å². The molecular weight excluding hydrogens is 520 g/mol. The molecule has 1 heteroatoms. The first-order chi connectivity index (χ1) is 21.3. The topological polar surface area (TPSA) is 13.1 Å². The van der Waals surface area contributed by atoms with Crippen molar-refractivity contribution < 1.29 is 4.42 Å². The average Bonchev–Trinajstić information content (AvgIpc) is 3.45. The molecule has 9 rings (SSSR count). The van der Waals surface area contributed by atoms with E-state index in [4.69, 9.17) is 4.42 Å². The van der Waals surface area contributed by atoms with Crippen LogP contribution in [0.2, 0.25) is 0 Å². The highest BCUT2D eigenvalue weighted by molar-refractivity contribution is 6.18. The molecule has 1 nitrogen and oxygen atoms in total. The van der Waals surface area contributed by atoms with E-state index in [1.54, 1.807) is 0 Å². The third-order valence-corrected chi connectivity index (χ3v) is 9.60. The smallest absolute Gasteiger partial charge is 0.135 e.